The van der Waals surface area contributed by atoms with Gasteiger partial charge in [0.15, 0.2) is 0 Å². The highest BCUT2D eigenvalue weighted by molar-refractivity contribution is 7.89. The predicted octanol–water partition coefficient (Wildman–Crippen LogP) is 1.54. The molecule has 1 N–H and O–H groups in total. The van der Waals surface area contributed by atoms with Crippen LogP contribution in [0.5, 0.6) is 0 Å². The van der Waals surface area contributed by atoms with Crippen molar-refractivity contribution < 1.29 is 17.9 Å². The van der Waals surface area contributed by atoms with Crippen molar-refractivity contribution >= 4 is 27.7 Å². The van der Waals surface area contributed by atoms with Crippen LogP contribution >= 0.6 is 11.6 Å². The van der Waals surface area contributed by atoms with Gasteiger partial charge in [-0.1, -0.05) is 0 Å². The van der Waals surface area contributed by atoms with Crippen molar-refractivity contribution in [3.63, 3.8) is 0 Å². The normalized spacial score (nSPS) is 23.4. The zero-order valence-corrected chi connectivity index (χ0v) is 13.9. The van der Waals surface area contributed by atoms with Crippen LogP contribution < -0.4 is 4.72 Å². The van der Waals surface area contributed by atoms with Crippen LogP contribution in [0.4, 0.5) is 4.79 Å². The molecule has 1 aliphatic rings. The number of ether oxygens (including phenoxy) is 1. The Morgan fingerprint density at radius 1 is 1.45 bits per heavy atom. The first kappa shape index (κ1) is 17.5. The summed E-state index contributed by atoms with van der Waals surface area (Å²) in [6.45, 7) is 7.50. The minimum Gasteiger partial charge on any atom is -0.444 e. The summed E-state index contributed by atoms with van der Waals surface area (Å²) in [5.41, 5.74) is -0.554. The van der Waals surface area contributed by atoms with E-state index in [0.717, 1.165) is 0 Å². The third-order valence-corrected chi connectivity index (χ3v) is 4.73. The molecule has 6 nitrogen and oxygen atoms in total. The van der Waals surface area contributed by atoms with E-state index >= 15 is 0 Å². The molecule has 1 aliphatic heterocycles. The molecule has 1 heterocycles. The number of sulfonamides is 1. The Kier molecular flexibility index (Phi) is 5.69. The summed E-state index contributed by atoms with van der Waals surface area (Å²) in [4.78, 5) is 13.4. The third kappa shape index (κ3) is 5.10. The first-order chi connectivity index (χ1) is 9.06. The number of carbonyl (C=O) groups excluding carboxylic acids is 1. The summed E-state index contributed by atoms with van der Waals surface area (Å²) in [7, 11) is -3.33. The maximum absolute atomic E-state index is 11.8. The molecule has 2 atom stereocenters. The van der Waals surface area contributed by atoms with Crippen LogP contribution in [0.2, 0.25) is 0 Å². The minimum atomic E-state index is -3.33. The molecule has 0 aliphatic carbocycles. The fourth-order valence-corrected chi connectivity index (χ4v) is 3.51. The minimum absolute atomic E-state index is 0.00611. The fraction of sp³-hybridized carbons (Fsp3) is 0.917. The van der Waals surface area contributed by atoms with Gasteiger partial charge in [0.25, 0.3) is 0 Å². The number of likely N-dealkylation sites (tertiary alicyclic amines) is 1. The second-order valence-corrected chi connectivity index (χ2v) is 8.21. The van der Waals surface area contributed by atoms with Crippen molar-refractivity contribution in [1.29, 1.82) is 0 Å². The van der Waals surface area contributed by atoms with Gasteiger partial charge in [0.1, 0.15) is 5.60 Å². The van der Waals surface area contributed by atoms with Crippen LogP contribution in [-0.2, 0) is 14.8 Å². The molecule has 1 amide bonds. The van der Waals surface area contributed by atoms with E-state index in [9.17, 15) is 13.2 Å². The molecular weight excluding hydrogens is 304 g/mol. The third-order valence-electron chi connectivity index (χ3n) is 2.97. The number of hydrogen-bond acceptors (Lipinski definition) is 4. The van der Waals surface area contributed by atoms with Gasteiger partial charge in [-0.05, 0) is 34.1 Å². The maximum atomic E-state index is 11.8. The average molecular weight is 327 g/mol. The summed E-state index contributed by atoms with van der Waals surface area (Å²) >= 11 is 5.49. The zero-order valence-electron chi connectivity index (χ0n) is 12.3. The number of amides is 1. The molecule has 0 unspecified atom stereocenters. The molecule has 0 aromatic carbocycles. The van der Waals surface area contributed by atoms with Gasteiger partial charge in [0.05, 0.1) is 17.8 Å². The highest BCUT2D eigenvalue weighted by Crippen LogP contribution is 2.22. The maximum Gasteiger partial charge on any atom is 0.410 e. The second-order valence-electron chi connectivity index (χ2n) is 5.96. The predicted molar refractivity (Wildman–Crippen MR) is 78.4 cm³/mol. The Hall–Kier alpha value is -0.530. The molecule has 0 aromatic heterocycles. The lowest BCUT2D eigenvalue weighted by Crippen LogP contribution is -2.67. The zero-order chi connectivity index (χ0) is 15.6. The van der Waals surface area contributed by atoms with Crippen LogP contribution in [0.15, 0.2) is 0 Å². The largest absolute Gasteiger partial charge is 0.444 e. The number of nitrogens with zero attached hydrogens (tertiary/aromatic N) is 1. The lowest BCUT2D eigenvalue weighted by Gasteiger charge is -2.46. The molecule has 1 rings (SSSR count). The number of alkyl halides is 1. The summed E-state index contributed by atoms with van der Waals surface area (Å²) in [6, 6.07) is -0.474. The van der Waals surface area contributed by atoms with Gasteiger partial charge in [-0.15, -0.1) is 11.6 Å². The van der Waals surface area contributed by atoms with E-state index in [4.69, 9.17) is 16.3 Å². The average Bonchev–Trinajstić information content (AvgIpc) is 2.28. The van der Waals surface area contributed by atoms with Crippen LogP contribution in [0, 0.1) is 0 Å². The molecule has 0 aromatic rings. The Labute approximate surface area is 125 Å². The van der Waals surface area contributed by atoms with Gasteiger partial charge in [-0.2, -0.15) is 0 Å². The molecular formula is C12H23ClN2O4S. The second kappa shape index (κ2) is 6.49. The van der Waals surface area contributed by atoms with Crippen molar-refractivity contribution in [2.45, 2.75) is 51.8 Å². The van der Waals surface area contributed by atoms with Gasteiger partial charge in [0, 0.05) is 12.4 Å². The van der Waals surface area contributed by atoms with Crippen molar-refractivity contribution in [2.75, 3.05) is 18.2 Å². The number of rotatable bonds is 5. The lowest BCUT2D eigenvalue weighted by atomic mass is 10.0. The van der Waals surface area contributed by atoms with E-state index in [2.05, 4.69) is 4.72 Å². The van der Waals surface area contributed by atoms with Crippen molar-refractivity contribution in [2.24, 2.45) is 0 Å². The van der Waals surface area contributed by atoms with Crippen LogP contribution in [0.3, 0.4) is 0 Å². The Bertz CT molecular complexity index is 447. The molecule has 1 saturated heterocycles. The van der Waals surface area contributed by atoms with E-state index < -0.39 is 21.7 Å². The number of carbonyl (C=O) groups is 1. The van der Waals surface area contributed by atoms with Crippen molar-refractivity contribution in [3.8, 4) is 0 Å². The molecule has 8 heteroatoms. The van der Waals surface area contributed by atoms with Gasteiger partial charge in [0.2, 0.25) is 10.0 Å². The van der Waals surface area contributed by atoms with Crippen LogP contribution in [-0.4, -0.2) is 55.3 Å². The molecule has 1 fully saturated rings. The van der Waals surface area contributed by atoms with Gasteiger partial charge in [-0.25, -0.2) is 17.9 Å². The fourth-order valence-electron chi connectivity index (χ4n) is 1.84. The quantitative estimate of drug-likeness (QED) is 0.778. The molecule has 0 bridgehead atoms. The van der Waals surface area contributed by atoms with Gasteiger partial charge >= 0.3 is 6.09 Å². The van der Waals surface area contributed by atoms with E-state index in [0.29, 0.717) is 18.8 Å². The van der Waals surface area contributed by atoms with Crippen molar-refractivity contribution in [3.05, 3.63) is 0 Å². The molecule has 118 valence electrons. The summed E-state index contributed by atoms with van der Waals surface area (Å²) in [5.74, 6) is 0.317. The smallest absolute Gasteiger partial charge is 0.410 e. The first-order valence-corrected chi connectivity index (χ1v) is 8.80. The SMILES string of the molecule is C[C@@H]1[C@@H](NS(=O)(=O)CCCCl)CN1C(=O)OC(C)(C)C. The highest BCUT2D eigenvalue weighted by Gasteiger charge is 2.42. The standard InChI is InChI=1S/C12H23ClN2O4S/c1-9-10(14-20(17,18)7-5-6-13)8-15(9)11(16)19-12(2,3)4/h9-10,14H,5-8H2,1-4H3/t9-,10+/m1/s1. The van der Waals surface area contributed by atoms with E-state index in [1.54, 1.807) is 27.7 Å². The number of nitrogens with one attached hydrogen (secondary N) is 1. The molecule has 0 spiro atoms. The number of hydrogen-bond donors (Lipinski definition) is 1. The summed E-state index contributed by atoms with van der Waals surface area (Å²) < 4.78 is 31.3. The van der Waals surface area contributed by atoms with E-state index in [-0.39, 0.29) is 17.8 Å². The molecule has 20 heavy (non-hydrogen) atoms. The monoisotopic (exact) mass is 326 g/mol. The van der Waals surface area contributed by atoms with E-state index in [1.807, 2.05) is 0 Å². The van der Waals surface area contributed by atoms with Crippen LogP contribution in [0.1, 0.15) is 34.1 Å². The first-order valence-electron chi connectivity index (χ1n) is 6.61. The summed E-state index contributed by atoms with van der Waals surface area (Å²) in [6.07, 6.45) is -0.00506. The summed E-state index contributed by atoms with van der Waals surface area (Å²) in [5, 5.41) is 0. The Morgan fingerprint density at radius 3 is 2.50 bits per heavy atom. The lowest BCUT2D eigenvalue weighted by molar-refractivity contribution is -0.0110. The topological polar surface area (TPSA) is 75.7 Å². The van der Waals surface area contributed by atoms with Gasteiger partial charge < -0.3 is 9.64 Å². The highest BCUT2D eigenvalue weighted by atomic mass is 35.5. The van der Waals surface area contributed by atoms with Crippen molar-refractivity contribution in [1.82, 2.24) is 9.62 Å². The number of halogens is 1. The Balaban J connectivity index is 2.47. The van der Waals surface area contributed by atoms with Crippen LogP contribution in [0.25, 0.3) is 0 Å². The van der Waals surface area contributed by atoms with Gasteiger partial charge in [-0.3, -0.25) is 0 Å². The van der Waals surface area contributed by atoms with E-state index in [1.165, 1.54) is 4.90 Å². The molecule has 0 radical (unpaired) electrons. The Morgan fingerprint density at radius 2 is 2.05 bits per heavy atom. The molecule has 0 saturated carbocycles.